The number of hydrogen-bond donors (Lipinski definition) is 1. The van der Waals surface area contributed by atoms with Crippen LogP contribution in [0.5, 0.6) is 0 Å². The van der Waals surface area contributed by atoms with Crippen molar-refractivity contribution in [3.05, 3.63) is 59.2 Å². The van der Waals surface area contributed by atoms with Crippen LogP contribution in [-0.2, 0) is 9.59 Å². The Bertz CT molecular complexity index is 822. The second kappa shape index (κ2) is 7.42. The third-order valence-corrected chi connectivity index (χ3v) is 3.87. The molecule has 2 aromatic rings. The molecular formula is C19H19N3O2. The monoisotopic (exact) mass is 321 g/mol. The number of anilines is 2. The Balaban J connectivity index is 2.22. The summed E-state index contributed by atoms with van der Waals surface area (Å²) in [6.45, 7) is 5.20. The maximum Gasteiger partial charge on any atom is 0.244 e. The van der Waals surface area contributed by atoms with Crippen LogP contribution in [0.4, 0.5) is 11.4 Å². The number of aryl methyl sites for hydroxylation is 1. The Morgan fingerprint density at radius 2 is 1.83 bits per heavy atom. The molecule has 122 valence electrons. The minimum Gasteiger partial charge on any atom is -0.323 e. The van der Waals surface area contributed by atoms with Crippen molar-refractivity contribution in [2.45, 2.75) is 20.8 Å². The maximum absolute atomic E-state index is 12.4. The van der Waals surface area contributed by atoms with E-state index in [1.54, 1.807) is 24.3 Å². The molecule has 1 N–H and O–H groups in total. The van der Waals surface area contributed by atoms with Crippen molar-refractivity contribution in [1.29, 1.82) is 5.26 Å². The molecule has 0 atom stereocenters. The van der Waals surface area contributed by atoms with Gasteiger partial charge in [-0.1, -0.05) is 24.3 Å². The van der Waals surface area contributed by atoms with Gasteiger partial charge in [0.1, 0.15) is 12.6 Å². The first-order chi connectivity index (χ1) is 11.4. The SMILES string of the molecule is CC(=O)N(CC(=O)Nc1ccccc1C#N)c1cccc(C)c1C. The number of benzene rings is 2. The highest BCUT2D eigenvalue weighted by atomic mass is 16.2. The predicted molar refractivity (Wildman–Crippen MR) is 93.7 cm³/mol. The number of amides is 2. The topological polar surface area (TPSA) is 73.2 Å². The number of carbonyl (C=O) groups is 2. The third kappa shape index (κ3) is 3.79. The van der Waals surface area contributed by atoms with Gasteiger partial charge in [-0.2, -0.15) is 5.26 Å². The first kappa shape index (κ1) is 17.2. The lowest BCUT2D eigenvalue weighted by Gasteiger charge is -2.23. The minimum absolute atomic E-state index is 0.112. The smallest absolute Gasteiger partial charge is 0.244 e. The molecule has 24 heavy (non-hydrogen) atoms. The lowest BCUT2D eigenvalue weighted by atomic mass is 10.1. The molecule has 0 saturated carbocycles. The Labute approximate surface area is 141 Å². The highest BCUT2D eigenvalue weighted by Gasteiger charge is 2.18. The standard InChI is InChI=1S/C19H19N3O2/c1-13-7-6-10-18(14(13)2)22(15(3)23)12-19(24)21-17-9-5-4-8-16(17)11-20/h4-10H,12H2,1-3H3,(H,21,24). The highest BCUT2D eigenvalue weighted by Crippen LogP contribution is 2.23. The molecule has 0 aliphatic heterocycles. The molecule has 2 aromatic carbocycles. The normalized spacial score (nSPS) is 9.92. The molecule has 2 rings (SSSR count). The number of rotatable bonds is 4. The summed E-state index contributed by atoms with van der Waals surface area (Å²) >= 11 is 0. The molecule has 0 radical (unpaired) electrons. The number of carbonyl (C=O) groups excluding carboxylic acids is 2. The number of para-hydroxylation sites is 1. The fraction of sp³-hybridized carbons (Fsp3) is 0.211. The molecule has 0 bridgehead atoms. The fourth-order valence-corrected chi connectivity index (χ4v) is 2.42. The molecule has 0 heterocycles. The number of nitrogens with zero attached hydrogens (tertiary/aromatic N) is 2. The second-order valence-corrected chi connectivity index (χ2v) is 5.53. The van der Waals surface area contributed by atoms with E-state index in [4.69, 9.17) is 5.26 Å². The zero-order chi connectivity index (χ0) is 17.7. The van der Waals surface area contributed by atoms with Crippen LogP contribution < -0.4 is 10.2 Å². The van der Waals surface area contributed by atoms with Gasteiger partial charge in [-0.15, -0.1) is 0 Å². The average molecular weight is 321 g/mol. The van der Waals surface area contributed by atoms with Gasteiger partial charge in [-0.3, -0.25) is 9.59 Å². The van der Waals surface area contributed by atoms with Crippen LogP contribution in [0.3, 0.4) is 0 Å². The molecule has 0 aliphatic rings. The van der Waals surface area contributed by atoms with E-state index in [2.05, 4.69) is 5.32 Å². The van der Waals surface area contributed by atoms with E-state index in [1.165, 1.54) is 11.8 Å². The summed E-state index contributed by atoms with van der Waals surface area (Å²) in [4.78, 5) is 25.8. The van der Waals surface area contributed by atoms with Gasteiger partial charge >= 0.3 is 0 Å². The molecule has 5 heteroatoms. The largest absolute Gasteiger partial charge is 0.323 e. The minimum atomic E-state index is -0.353. The summed E-state index contributed by atoms with van der Waals surface area (Å²) in [7, 11) is 0. The Morgan fingerprint density at radius 1 is 1.12 bits per heavy atom. The molecule has 0 aromatic heterocycles. The van der Waals surface area contributed by atoms with E-state index in [0.717, 1.165) is 11.1 Å². The third-order valence-electron chi connectivity index (χ3n) is 3.87. The van der Waals surface area contributed by atoms with Gasteiger partial charge in [-0.25, -0.2) is 0 Å². The van der Waals surface area contributed by atoms with E-state index >= 15 is 0 Å². The summed E-state index contributed by atoms with van der Waals surface area (Å²) in [6.07, 6.45) is 0. The summed E-state index contributed by atoms with van der Waals surface area (Å²) in [5.41, 5.74) is 3.54. The van der Waals surface area contributed by atoms with Crippen LogP contribution in [0, 0.1) is 25.2 Å². The predicted octanol–water partition coefficient (Wildman–Crippen LogP) is 3.17. The van der Waals surface area contributed by atoms with E-state index in [9.17, 15) is 9.59 Å². The van der Waals surface area contributed by atoms with Gasteiger partial charge in [0.25, 0.3) is 0 Å². The van der Waals surface area contributed by atoms with E-state index in [0.29, 0.717) is 16.9 Å². The molecule has 0 unspecified atom stereocenters. The van der Waals surface area contributed by atoms with Gasteiger partial charge in [0, 0.05) is 12.6 Å². The van der Waals surface area contributed by atoms with Gasteiger partial charge < -0.3 is 10.2 Å². The van der Waals surface area contributed by atoms with Crippen LogP contribution in [0.15, 0.2) is 42.5 Å². The van der Waals surface area contributed by atoms with Crippen LogP contribution in [0.2, 0.25) is 0 Å². The second-order valence-electron chi connectivity index (χ2n) is 5.53. The lowest BCUT2D eigenvalue weighted by Crippen LogP contribution is -2.37. The maximum atomic E-state index is 12.4. The molecule has 0 fully saturated rings. The first-order valence-electron chi connectivity index (χ1n) is 7.57. The Kier molecular flexibility index (Phi) is 5.33. The van der Waals surface area contributed by atoms with Crippen molar-refractivity contribution in [2.75, 3.05) is 16.8 Å². The quantitative estimate of drug-likeness (QED) is 0.940. The van der Waals surface area contributed by atoms with E-state index < -0.39 is 0 Å². The lowest BCUT2D eigenvalue weighted by molar-refractivity contribution is -0.120. The number of hydrogen-bond acceptors (Lipinski definition) is 3. The van der Waals surface area contributed by atoms with Crippen LogP contribution in [-0.4, -0.2) is 18.4 Å². The highest BCUT2D eigenvalue weighted by molar-refractivity contribution is 6.02. The zero-order valence-corrected chi connectivity index (χ0v) is 14.0. The van der Waals surface area contributed by atoms with Gasteiger partial charge in [-0.05, 0) is 43.2 Å². The van der Waals surface area contributed by atoms with Crippen molar-refractivity contribution >= 4 is 23.2 Å². The summed E-state index contributed by atoms with van der Waals surface area (Å²) in [6, 6.07) is 14.4. The van der Waals surface area contributed by atoms with Crippen molar-refractivity contribution in [3.8, 4) is 6.07 Å². The zero-order valence-electron chi connectivity index (χ0n) is 14.0. The van der Waals surface area contributed by atoms with Crippen molar-refractivity contribution in [2.24, 2.45) is 0 Å². The molecule has 0 aliphatic carbocycles. The summed E-state index contributed by atoms with van der Waals surface area (Å²) in [5.74, 6) is -0.568. The van der Waals surface area contributed by atoms with Crippen molar-refractivity contribution < 1.29 is 9.59 Å². The summed E-state index contributed by atoms with van der Waals surface area (Å²) < 4.78 is 0. The van der Waals surface area contributed by atoms with Crippen LogP contribution in [0.1, 0.15) is 23.6 Å². The Hall–Kier alpha value is -3.13. The van der Waals surface area contributed by atoms with Gasteiger partial charge in [0.15, 0.2) is 0 Å². The van der Waals surface area contributed by atoms with E-state index in [1.807, 2.05) is 38.1 Å². The van der Waals surface area contributed by atoms with Crippen molar-refractivity contribution in [3.63, 3.8) is 0 Å². The van der Waals surface area contributed by atoms with Gasteiger partial charge in [0.05, 0.1) is 11.3 Å². The van der Waals surface area contributed by atoms with Crippen LogP contribution >= 0.6 is 0 Å². The van der Waals surface area contributed by atoms with Gasteiger partial charge in [0.2, 0.25) is 11.8 Å². The molecular weight excluding hydrogens is 302 g/mol. The Morgan fingerprint density at radius 3 is 2.50 bits per heavy atom. The molecule has 2 amide bonds. The molecule has 0 spiro atoms. The molecule has 0 saturated heterocycles. The van der Waals surface area contributed by atoms with Crippen LogP contribution in [0.25, 0.3) is 0 Å². The van der Waals surface area contributed by atoms with Crippen molar-refractivity contribution in [1.82, 2.24) is 0 Å². The average Bonchev–Trinajstić information content (AvgIpc) is 2.56. The number of nitriles is 1. The summed E-state index contributed by atoms with van der Waals surface area (Å²) in [5, 5.41) is 11.8. The number of nitrogens with one attached hydrogen (secondary N) is 1. The molecule has 5 nitrogen and oxygen atoms in total. The fourth-order valence-electron chi connectivity index (χ4n) is 2.42. The van der Waals surface area contributed by atoms with E-state index in [-0.39, 0.29) is 18.4 Å². The first-order valence-corrected chi connectivity index (χ1v) is 7.57.